The monoisotopic (exact) mass is 398 g/mol. The fraction of sp³-hybridized carbons (Fsp3) is 0.652. The fourth-order valence-corrected chi connectivity index (χ4v) is 5.04. The number of amides is 2. The first kappa shape index (κ1) is 20.2. The lowest BCUT2D eigenvalue weighted by Gasteiger charge is -2.39. The molecule has 2 N–H and O–H groups in total. The molecule has 0 bridgehead atoms. The van der Waals surface area contributed by atoms with Crippen molar-refractivity contribution < 1.29 is 9.59 Å². The van der Waals surface area contributed by atoms with E-state index >= 15 is 0 Å². The number of nitrogens with one attached hydrogen (secondary N) is 2. The molecule has 2 saturated heterocycles. The number of carbonyl (C=O) groups excluding carboxylic acids is 2. The van der Waals surface area contributed by atoms with Gasteiger partial charge in [0.25, 0.3) is 0 Å². The number of benzene rings is 1. The van der Waals surface area contributed by atoms with Crippen LogP contribution >= 0.6 is 0 Å². The summed E-state index contributed by atoms with van der Waals surface area (Å²) in [6, 6.07) is 6.01. The summed E-state index contributed by atoms with van der Waals surface area (Å²) in [5.74, 6) is 0.508. The van der Waals surface area contributed by atoms with Gasteiger partial charge in [0.05, 0.1) is 0 Å². The third-order valence-corrected chi connectivity index (χ3v) is 6.73. The van der Waals surface area contributed by atoms with Gasteiger partial charge in [-0.25, -0.2) is 0 Å². The van der Waals surface area contributed by atoms with E-state index in [1.54, 1.807) is 0 Å². The topological polar surface area (TPSA) is 64.7 Å². The molecule has 6 heteroatoms. The maximum Gasteiger partial charge on any atom is 0.249 e. The minimum Gasteiger partial charge on any atom is -0.374 e. The van der Waals surface area contributed by atoms with Gasteiger partial charge in [-0.05, 0) is 55.9 Å². The fourth-order valence-electron chi connectivity index (χ4n) is 5.04. The Hall–Kier alpha value is -2.08. The molecule has 1 unspecified atom stereocenters. The van der Waals surface area contributed by atoms with Crippen molar-refractivity contribution in [1.29, 1.82) is 0 Å². The zero-order valence-corrected chi connectivity index (χ0v) is 17.6. The van der Waals surface area contributed by atoms with Crippen molar-refractivity contribution in [3.05, 3.63) is 23.8 Å². The van der Waals surface area contributed by atoms with E-state index in [1.165, 1.54) is 49.9 Å². The zero-order valence-electron chi connectivity index (χ0n) is 17.6. The maximum atomic E-state index is 12.0. The van der Waals surface area contributed by atoms with Crippen molar-refractivity contribution in [3.63, 3.8) is 0 Å². The van der Waals surface area contributed by atoms with Gasteiger partial charge in [0, 0.05) is 50.5 Å². The molecule has 0 aromatic heterocycles. The molecule has 2 aliphatic heterocycles. The number of carbonyl (C=O) groups is 2. The SMILES string of the molecule is Cc1cc(NC2CCC(=O)NC2=O)ccc1N1CCN(CC2CCCCC2)CC1. The van der Waals surface area contributed by atoms with Gasteiger partial charge in [-0.2, -0.15) is 0 Å². The number of nitrogens with zero attached hydrogens (tertiary/aromatic N) is 2. The summed E-state index contributed by atoms with van der Waals surface area (Å²) < 4.78 is 0. The predicted octanol–water partition coefficient (Wildman–Crippen LogP) is 2.91. The number of aryl methyl sites for hydroxylation is 1. The van der Waals surface area contributed by atoms with Crippen LogP contribution in [0.1, 0.15) is 50.5 Å². The van der Waals surface area contributed by atoms with Crippen LogP contribution in [-0.4, -0.2) is 55.5 Å². The average molecular weight is 399 g/mol. The van der Waals surface area contributed by atoms with Crippen molar-refractivity contribution in [2.75, 3.05) is 42.9 Å². The third kappa shape index (κ3) is 5.10. The second kappa shape index (κ2) is 9.16. The van der Waals surface area contributed by atoms with Gasteiger partial charge >= 0.3 is 0 Å². The van der Waals surface area contributed by atoms with Crippen LogP contribution in [0.5, 0.6) is 0 Å². The number of hydrogen-bond acceptors (Lipinski definition) is 5. The maximum absolute atomic E-state index is 12.0. The molecule has 1 saturated carbocycles. The van der Waals surface area contributed by atoms with Crippen LogP contribution in [0.3, 0.4) is 0 Å². The second-order valence-electron chi connectivity index (χ2n) is 8.94. The minimum absolute atomic E-state index is 0.179. The molecular formula is C23H34N4O2. The van der Waals surface area contributed by atoms with E-state index in [-0.39, 0.29) is 17.9 Å². The van der Waals surface area contributed by atoms with E-state index in [0.29, 0.717) is 12.8 Å². The Labute approximate surface area is 174 Å². The van der Waals surface area contributed by atoms with Crippen LogP contribution in [0, 0.1) is 12.8 Å². The Balaban J connectivity index is 1.30. The Morgan fingerprint density at radius 1 is 1.03 bits per heavy atom. The van der Waals surface area contributed by atoms with Gasteiger partial charge in [0.2, 0.25) is 11.8 Å². The summed E-state index contributed by atoms with van der Waals surface area (Å²) >= 11 is 0. The van der Waals surface area contributed by atoms with E-state index in [0.717, 1.165) is 37.8 Å². The Morgan fingerprint density at radius 3 is 2.48 bits per heavy atom. The summed E-state index contributed by atoms with van der Waals surface area (Å²) in [4.78, 5) is 28.4. The predicted molar refractivity (Wildman–Crippen MR) is 116 cm³/mol. The summed E-state index contributed by atoms with van der Waals surface area (Å²) in [5, 5.41) is 5.69. The van der Waals surface area contributed by atoms with Crippen LogP contribution in [0.25, 0.3) is 0 Å². The molecule has 158 valence electrons. The molecule has 2 heterocycles. The Bertz CT molecular complexity index is 736. The first-order valence-electron chi connectivity index (χ1n) is 11.3. The molecule has 1 atom stereocenters. The van der Waals surface area contributed by atoms with Crippen molar-refractivity contribution >= 4 is 23.2 Å². The van der Waals surface area contributed by atoms with Crippen molar-refractivity contribution in [1.82, 2.24) is 10.2 Å². The van der Waals surface area contributed by atoms with Gasteiger partial charge < -0.3 is 10.2 Å². The van der Waals surface area contributed by atoms with E-state index in [4.69, 9.17) is 0 Å². The van der Waals surface area contributed by atoms with Gasteiger partial charge in [-0.1, -0.05) is 19.3 Å². The van der Waals surface area contributed by atoms with E-state index in [2.05, 4.69) is 45.6 Å². The zero-order chi connectivity index (χ0) is 20.2. The van der Waals surface area contributed by atoms with Crippen LogP contribution in [-0.2, 0) is 9.59 Å². The highest BCUT2D eigenvalue weighted by atomic mass is 16.2. The third-order valence-electron chi connectivity index (χ3n) is 6.73. The van der Waals surface area contributed by atoms with Crippen molar-refractivity contribution in [2.24, 2.45) is 5.92 Å². The normalized spacial score (nSPS) is 24.4. The number of piperidine rings is 1. The molecule has 3 aliphatic rings. The number of hydrogen-bond donors (Lipinski definition) is 2. The molecule has 0 spiro atoms. The highest BCUT2D eigenvalue weighted by molar-refractivity contribution is 6.01. The largest absolute Gasteiger partial charge is 0.374 e. The molecule has 29 heavy (non-hydrogen) atoms. The molecule has 3 fully saturated rings. The first-order chi connectivity index (χ1) is 14.1. The molecular weight excluding hydrogens is 364 g/mol. The summed E-state index contributed by atoms with van der Waals surface area (Å²) in [5.41, 5.74) is 3.45. The van der Waals surface area contributed by atoms with Crippen LogP contribution in [0.15, 0.2) is 18.2 Å². The van der Waals surface area contributed by atoms with E-state index in [1.807, 2.05) is 0 Å². The van der Waals surface area contributed by atoms with Crippen LogP contribution in [0.2, 0.25) is 0 Å². The Morgan fingerprint density at radius 2 is 1.79 bits per heavy atom. The average Bonchev–Trinajstić information content (AvgIpc) is 2.72. The molecule has 1 aromatic rings. The quantitative estimate of drug-likeness (QED) is 0.747. The minimum atomic E-state index is -0.332. The molecule has 2 amide bonds. The van der Waals surface area contributed by atoms with Crippen molar-refractivity contribution in [2.45, 2.75) is 57.9 Å². The smallest absolute Gasteiger partial charge is 0.249 e. The Kier molecular flexibility index (Phi) is 6.38. The van der Waals surface area contributed by atoms with Gasteiger partial charge in [-0.15, -0.1) is 0 Å². The highest BCUT2D eigenvalue weighted by Crippen LogP contribution is 2.28. The van der Waals surface area contributed by atoms with E-state index < -0.39 is 0 Å². The number of piperazine rings is 1. The van der Waals surface area contributed by atoms with Crippen molar-refractivity contribution in [3.8, 4) is 0 Å². The highest BCUT2D eigenvalue weighted by Gasteiger charge is 2.27. The van der Waals surface area contributed by atoms with E-state index in [9.17, 15) is 9.59 Å². The lowest BCUT2D eigenvalue weighted by molar-refractivity contribution is -0.133. The van der Waals surface area contributed by atoms with Gasteiger partial charge in [-0.3, -0.25) is 19.8 Å². The van der Waals surface area contributed by atoms with Gasteiger partial charge in [0.1, 0.15) is 6.04 Å². The standard InChI is InChI=1S/C23H34N4O2/c1-17-15-19(24-20-8-10-22(28)25-23(20)29)7-9-21(17)27-13-11-26(12-14-27)16-18-5-3-2-4-6-18/h7,9,15,18,20,24H,2-6,8,10-14,16H2,1H3,(H,25,28,29). The second-order valence-corrected chi connectivity index (χ2v) is 8.94. The molecule has 0 radical (unpaired) electrons. The van der Waals surface area contributed by atoms with Crippen LogP contribution in [0.4, 0.5) is 11.4 Å². The van der Waals surface area contributed by atoms with Crippen LogP contribution < -0.4 is 15.5 Å². The number of rotatable bonds is 5. The molecule has 4 rings (SSSR count). The van der Waals surface area contributed by atoms with Gasteiger partial charge in [0.15, 0.2) is 0 Å². The summed E-state index contributed by atoms with van der Waals surface area (Å²) in [6.45, 7) is 7.86. The first-order valence-corrected chi connectivity index (χ1v) is 11.3. The summed E-state index contributed by atoms with van der Waals surface area (Å²) in [7, 11) is 0. The molecule has 1 aliphatic carbocycles. The molecule has 6 nitrogen and oxygen atoms in total. The lowest BCUT2D eigenvalue weighted by Crippen LogP contribution is -2.48. The lowest BCUT2D eigenvalue weighted by atomic mass is 9.89. The number of anilines is 2. The number of imide groups is 1. The summed E-state index contributed by atoms with van der Waals surface area (Å²) in [6.07, 6.45) is 8.05. The molecule has 1 aromatic carbocycles.